The van der Waals surface area contributed by atoms with Gasteiger partial charge in [0.15, 0.2) is 0 Å². The third-order valence-corrected chi connectivity index (χ3v) is 6.37. The Morgan fingerprint density at radius 1 is 1.18 bits per heavy atom. The van der Waals surface area contributed by atoms with Crippen LogP contribution >= 0.6 is 0 Å². The van der Waals surface area contributed by atoms with Gasteiger partial charge in [-0.25, -0.2) is 4.98 Å². The highest BCUT2D eigenvalue weighted by Crippen LogP contribution is 2.29. The van der Waals surface area contributed by atoms with E-state index in [1.165, 1.54) is 27.6 Å². The predicted octanol–water partition coefficient (Wildman–Crippen LogP) is 4.20. The number of carbonyl (C=O) groups excluding carboxylic acids is 1. The highest BCUT2D eigenvalue weighted by atomic mass is 16.5. The summed E-state index contributed by atoms with van der Waals surface area (Å²) in [6.07, 6.45) is 5.63. The predicted molar refractivity (Wildman–Crippen MR) is 126 cm³/mol. The number of hydrogen-bond donors (Lipinski definition) is 1. The zero-order chi connectivity index (χ0) is 22.8. The first kappa shape index (κ1) is 21.1. The van der Waals surface area contributed by atoms with E-state index in [1.807, 2.05) is 36.4 Å². The Morgan fingerprint density at radius 2 is 2.00 bits per heavy atom. The van der Waals surface area contributed by atoms with Crippen molar-refractivity contribution in [2.75, 3.05) is 0 Å². The van der Waals surface area contributed by atoms with E-state index in [0.717, 1.165) is 31.2 Å². The maximum absolute atomic E-state index is 12.9. The monoisotopic (exact) mass is 442 g/mol. The molecule has 1 atom stereocenters. The number of aryl methyl sites for hydroxylation is 3. The standard InChI is InChI=1S/C26H26N4O3/c1-2-17-10-12-19(13-11-17)23-24-25(33-29-23)26(32)30(16-27-24)15-14-22(31)28-21-9-5-7-18-6-3-4-8-20(18)21/h3-4,6,8,10-13,16,21H,2,5,7,9,14-15H2,1H3,(H,28,31). The molecule has 1 aliphatic carbocycles. The van der Waals surface area contributed by atoms with Crippen molar-refractivity contribution in [2.24, 2.45) is 0 Å². The van der Waals surface area contributed by atoms with Crippen LogP contribution in [0, 0.1) is 0 Å². The van der Waals surface area contributed by atoms with Gasteiger partial charge in [0.1, 0.15) is 11.2 Å². The van der Waals surface area contributed by atoms with Gasteiger partial charge in [-0.05, 0) is 42.4 Å². The first-order valence-corrected chi connectivity index (χ1v) is 11.5. The van der Waals surface area contributed by atoms with Crippen LogP contribution in [-0.4, -0.2) is 20.6 Å². The van der Waals surface area contributed by atoms with Gasteiger partial charge in [0, 0.05) is 18.5 Å². The number of aromatic nitrogens is 3. The van der Waals surface area contributed by atoms with Gasteiger partial charge in [0.25, 0.3) is 11.1 Å². The number of rotatable bonds is 6. The lowest BCUT2D eigenvalue weighted by Crippen LogP contribution is -2.32. The molecule has 1 aliphatic rings. The molecule has 1 amide bonds. The third-order valence-electron chi connectivity index (χ3n) is 6.37. The van der Waals surface area contributed by atoms with Gasteiger partial charge in [-0.1, -0.05) is 60.6 Å². The van der Waals surface area contributed by atoms with Gasteiger partial charge in [-0.2, -0.15) is 0 Å². The number of carbonyl (C=O) groups is 1. The van der Waals surface area contributed by atoms with Crippen molar-refractivity contribution >= 4 is 17.0 Å². The van der Waals surface area contributed by atoms with Crippen molar-refractivity contribution in [1.82, 2.24) is 20.0 Å². The molecule has 0 saturated carbocycles. The van der Waals surface area contributed by atoms with Gasteiger partial charge >= 0.3 is 0 Å². The number of nitrogens with zero attached hydrogens (tertiary/aromatic N) is 3. The minimum absolute atomic E-state index is 0.0238. The van der Waals surface area contributed by atoms with Crippen LogP contribution in [0.1, 0.15) is 48.9 Å². The van der Waals surface area contributed by atoms with E-state index < -0.39 is 0 Å². The molecule has 0 radical (unpaired) electrons. The second kappa shape index (κ2) is 9.02. The van der Waals surface area contributed by atoms with Crippen molar-refractivity contribution in [3.05, 3.63) is 81.9 Å². The molecule has 0 spiro atoms. The smallest absolute Gasteiger partial charge is 0.299 e. The summed E-state index contributed by atoms with van der Waals surface area (Å²) < 4.78 is 6.76. The molecule has 2 aromatic carbocycles. The van der Waals surface area contributed by atoms with Crippen molar-refractivity contribution in [3.8, 4) is 11.3 Å². The Kier molecular flexibility index (Phi) is 5.77. The van der Waals surface area contributed by atoms with Crippen molar-refractivity contribution in [2.45, 2.75) is 51.6 Å². The van der Waals surface area contributed by atoms with Gasteiger partial charge in [-0.3, -0.25) is 14.2 Å². The Morgan fingerprint density at radius 3 is 2.82 bits per heavy atom. The summed E-state index contributed by atoms with van der Waals surface area (Å²) in [7, 11) is 0. The van der Waals surface area contributed by atoms with Crippen LogP contribution in [0.3, 0.4) is 0 Å². The van der Waals surface area contributed by atoms with E-state index >= 15 is 0 Å². The molecule has 0 fully saturated rings. The first-order valence-electron chi connectivity index (χ1n) is 11.5. The minimum Gasteiger partial charge on any atom is -0.349 e. The Labute approximate surface area is 191 Å². The lowest BCUT2D eigenvalue weighted by atomic mass is 9.88. The molecule has 0 saturated heterocycles. The topological polar surface area (TPSA) is 90.0 Å². The molecule has 2 heterocycles. The molecular formula is C26H26N4O3. The second-order valence-corrected chi connectivity index (χ2v) is 8.46. The lowest BCUT2D eigenvalue weighted by molar-refractivity contribution is -0.122. The molecule has 0 bridgehead atoms. The van der Waals surface area contributed by atoms with E-state index in [0.29, 0.717) is 11.2 Å². The van der Waals surface area contributed by atoms with Crippen LogP contribution in [0.25, 0.3) is 22.4 Å². The lowest BCUT2D eigenvalue weighted by Gasteiger charge is -2.26. The van der Waals surface area contributed by atoms with E-state index in [9.17, 15) is 9.59 Å². The quantitative estimate of drug-likeness (QED) is 0.483. The largest absolute Gasteiger partial charge is 0.349 e. The summed E-state index contributed by atoms with van der Waals surface area (Å²) in [5.74, 6) is -0.0852. The number of amides is 1. The third kappa shape index (κ3) is 4.18. The van der Waals surface area contributed by atoms with Gasteiger partial charge in [0.2, 0.25) is 5.91 Å². The van der Waals surface area contributed by atoms with Gasteiger partial charge < -0.3 is 9.84 Å². The number of fused-ring (bicyclic) bond motifs is 2. The molecule has 5 rings (SSSR count). The Bertz CT molecular complexity index is 1350. The zero-order valence-electron chi connectivity index (χ0n) is 18.6. The van der Waals surface area contributed by atoms with Crippen molar-refractivity contribution < 1.29 is 9.32 Å². The highest BCUT2D eigenvalue weighted by Gasteiger charge is 2.22. The molecule has 7 heteroatoms. The summed E-state index contributed by atoms with van der Waals surface area (Å²) >= 11 is 0. The Balaban J connectivity index is 1.29. The molecule has 7 nitrogen and oxygen atoms in total. The van der Waals surface area contributed by atoms with E-state index in [-0.39, 0.29) is 36.1 Å². The fourth-order valence-corrected chi connectivity index (χ4v) is 4.50. The molecule has 4 aromatic rings. The zero-order valence-corrected chi connectivity index (χ0v) is 18.6. The van der Waals surface area contributed by atoms with Crippen LogP contribution in [0.15, 0.2) is 64.2 Å². The van der Waals surface area contributed by atoms with E-state index in [2.05, 4.69) is 34.5 Å². The van der Waals surface area contributed by atoms with Crippen LogP contribution in [0.5, 0.6) is 0 Å². The molecule has 1 N–H and O–H groups in total. The van der Waals surface area contributed by atoms with Crippen molar-refractivity contribution in [3.63, 3.8) is 0 Å². The van der Waals surface area contributed by atoms with Crippen LogP contribution in [-0.2, 0) is 24.2 Å². The van der Waals surface area contributed by atoms with Gasteiger partial charge in [0.05, 0.1) is 12.4 Å². The highest BCUT2D eigenvalue weighted by molar-refractivity contribution is 5.87. The molecule has 0 aliphatic heterocycles. The molecular weight excluding hydrogens is 416 g/mol. The van der Waals surface area contributed by atoms with E-state index in [4.69, 9.17) is 4.52 Å². The van der Waals surface area contributed by atoms with Gasteiger partial charge in [-0.15, -0.1) is 0 Å². The summed E-state index contributed by atoms with van der Waals surface area (Å²) in [4.78, 5) is 29.9. The maximum Gasteiger partial charge on any atom is 0.299 e. The molecule has 2 aromatic heterocycles. The first-order chi connectivity index (χ1) is 16.1. The second-order valence-electron chi connectivity index (χ2n) is 8.46. The SMILES string of the molecule is CCc1ccc(-c2noc3c(=O)n(CCC(=O)NC4CCCc5ccccc54)cnc23)cc1. The number of benzene rings is 2. The average Bonchev–Trinajstić information content (AvgIpc) is 3.29. The fraction of sp³-hybridized carbons (Fsp3) is 0.308. The van der Waals surface area contributed by atoms with Crippen LogP contribution < -0.4 is 10.9 Å². The van der Waals surface area contributed by atoms with Crippen LogP contribution in [0.4, 0.5) is 0 Å². The Hall–Kier alpha value is -3.74. The maximum atomic E-state index is 12.9. The normalized spacial score (nSPS) is 15.4. The van der Waals surface area contributed by atoms with Crippen LogP contribution in [0.2, 0.25) is 0 Å². The molecule has 1 unspecified atom stereocenters. The summed E-state index contributed by atoms with van der Waals surface area (Å²) in [6, 6.07) is 16.2. The molecule has 168 valence electrons. The van der Waals surface area contributed by atoms with E-state index in [1.54, 1.807) is 0 Å². The summed E-state index contributed by atoms with van der Waals surface area (Å²) in [5.41, 5.74) is 5.31. The summed E-state index contributed by atoms with van der Waals surface area (Å²) in [5, 5.41) is 7.21. The number of nitrogens with one attached hydrogen (secondary N) is 1. The average molecular weight is 443 g/mol. The summed E-state index contributed by atoms with van der Waals surface area (Å²) in [6.45, 7) is 2.32. The minimum atomic E-state index is -0.334. The molecule has 33 heavy (non-hydrogen) atoms. The fourth-order valence-electron chi connectivity index (χ4n) is 4.50. The number of hydrogen-bond acceptors (Lipinski definition) is 5. The van der Waals surface area contributed by atoms with Crippen molar-refractivity contribution in [1.29, 1.82) is 0 Å².